The summed E-state index contributed by atoms with van der Waals surface area (Å²) in [5, 5.41) is 12.2. The van der Waals surface area contributed by atoms with E-state index in [0.29, 0.717) is 11.6 Å². The van der Waals surface area contributed by atoms with Crippen LogP contribution in [0.2, 0.25) is 0 Å². The molecule has 2 aliphatic rings. The first kappa shape index (κ1) is 20.3. The van der Waals surface area contributed by atoms with Gasteiger partial charge in [0.1, 0.15) is 6.07 Å². The molecule has 30 heavy (non-hydrogen) atoms. The lowest BCUT2D eigenvalue weighted by molar-refractivity contribution is -0.122. The third-order valence-electron chi connectivity index (χ3n) is 6.00. The van der Waals surface area contributed by atoms with E-state index in [1.54, 1.807) is 0 Å². The molecule has 2 aliphatic heterocycles. The number of nitrogens with zero attached hydrogens (tertiary/aromatic N) is 3. The zero-order valence-electron chi connectivity index (χ0n) is 16.7. The predicted molar refractivity (Wildman–Crippen MR) is 110 cm³/mol. The van der Waals surface area contributed by atoms with Gasteiger partial charge in [-0.3, -0.25) is 9.69 Å². The molecule has 2 heterocycles. The number of para-hydroxylation sites is 1. The van der Waals surface area contributed by atoms with E-state index in [0.717, 1.165) is 50.8 Å². The summed E-state index contributed by atoms with van der Waals surface area (Å²) in [5.74, 6) is -2.17. The molecule has 0 radical (unpaired) electrons. The van der Waals surface area contributed by atoms with E-state index < -0.39 is 11.6 Å². The topological polar surface area (TPSA) is 59.4 Å². The quantitative estimate of drug-likeness (QED) is 0.824. The number of piperidine rings is 1. The van der Waals surface area contributed by atoms with E-state index in [1.807, 2.05) is 24.3 Å². The summed E-state index contributed by atoms with van der Waals surface area (Å²) in [6, 6.07) is 14.3. The number of hydrogen-bond donors (Lipinski definition) is 1. The number of halogens is 2. The number of carbonyl (C=O) groups excluding carboxylic acids is 1. The average Bonchev–Trinajstić information content (AvgIpc) is 2.74. The van der Waals surface area contributed by atoms with Crippen LogP contribution in [0.15, 0.2) is 42.5 Å². The van der Waals surface area contributed by atoms with Gasteiger partial charge < -0.3 is 10.2 Å². The van der Waals surface area contributed by atoms with Crippen molar-refractivity contribution in [2.24, 2.45) is 0 Å². The highest BCUT2D eigenvalue weighted by Crippen LogP contribution is 2.27. The number of benzene rings is 2. The van der Waals surface area contributed by atoms with Crippen LogP contribution in [0.3, 0.4) is 0 Å². The third kappa shape index (κ3) is 4.29. The Morgan fingerprint density at radius 2 is 1.83 bits per heavy atom. The lowest BCUT2D eigenvalue weighted by Crippen LogP contribution is -2.63. The second-order valence-electron chi connectivity index (χ2n) is 7.96. The number of likely N-dealkylation sites (tertiary alicyclic amines) is 1. The summed E-state index contributed by atoms with van der Waals surface area (Å²) < 4.78 is 27.0. The maximum absolute atomic E-state index is 13.7. The van der Waals surface area contributed by atoms with E-state index in [-0.39, 0.29) is 23.9 Å². The smallest absolute Gasteiger partial charge is 0.224 e. The Hall–Kier alpha value is -2.98. The van der Waals surface area contributed by atoms with Gasteiger partial charge in [-0.15, -0.1) is 0 Å². The molecule has 0 aliphatic carbocycles. The van der Waals surface area contributed by atoms with Crippen LogP contribution in [0.4, 0.5) is 14.5 Å². The molecule has 0 aromatic heterocycles. The van der Waals surface area contributed by atoms with Crippen LogP contribution in [0.25, 0.3) is 0 Å². The molecular weight excluding hydrogens is 386 g/mol. The first-order chi connectivity index (χ1) is 14.5. The Labute approximate surface area is 174 Å². The van der Waals surface area contributed by atoms with E-state index in [1.165, 1.54) is 12.1 Å². The van der Waals surface area contributed by atoms with Crippen molar-refractivity contribution < 1.29 is 13.6 Å². The summed E-state index contributed by atoms with van der Waals surface area (Å²) >= 11 is 0. The maximum Gasteiger partial charge on any atom is 0.224 e. The molecule has 2 fully saturated rings. The minimum absolute atomic E-state index is 0.0477. The van der Waals surface area contributed by atoms with Gasteiger partial charge in [0.15, 0.2) is 11.6 Å². The SMILES string of the molecule is N#Cc1ccccc1N1CCC(N2CC(NC(=O)Cc3cccc(F)c3F)C2)CC1. The van der Waals surface area contributed by atoms with Gasteiger partial charge in [-0.1, -0.05) is 24.3 Å². The molecule has 0 atom stereocenters. The number of anilines is 1. The molecule has 2 aromatic rings. The van der Waals surface area contributed by atoms with Crippen LogP contribution in [0.1, 0.15) is 24.0 Å². The van der Waals surface area contributed by atoms with Gasteiger partial charge in [0.25, 0.3) is 0 Å². The largest absolute Gasteiger partial charge is 0.370 e. The first-order valence-electron chi connectivity index (χ1n) is 10.3. The fourth-order valence-electron chi connectivity index (χ4n) is 4.35. The lowest BCUT2D eigenvalue weighted by Gasteiger charge is -2.47. The normalized spacial score (nSPS) is 18.0. The Morgan fingerprint density at radius 1 is 1.10 bits per heavy atom. The fraction of sp³-hybridized carbons (Fsp3) is 0.391. The number of hydrogen-bond acceptors (Lipinski definition) is 4. The Kier molecular flexibility index (Phi) is 5.96. The summed E-state index contributed by atoms with van der Waals surface area (Å²) in [4.78, 5) is 16.8. The van der Waals surface area contributed by atoms with Gasteiger partial charge in [-0.25, -0.2) is 8.78 Å². The van der Waals surface area contributed by atoms with Crippen LogP contribution < -0.4 is 10.2 Å². The summed E-state index contributed by atoms with van der Waals surface area (Å²) in [6.45, 7) is 3.35. The molecule has 156 valence electrons. The zero-order valence-corrected chi connectivity index (χ0v) is 16.7. The second kappa shape index (κ2) is 8.80. The molecule has 5 nitrogen and oxygen atoms in total. The van der Waals surface area contributed by atoms with Crippen molar-refractivity contribution in [3.8, 4) is 6.07 Å². The van der Waals surface area contributed by atoms with Crippen molar-refractivity contribution >= 4 is 11.6 Å². The van der Waals surface area contributed by atoms with Gasteiger partial charge in [-0.2, -0.15) is 5.26 Å². The molecule has 2 aromatic carbocycles. The van der Waals surface area contributed by atoms with E-state index in [2.05, 4.69) is 21.2 Å². The van der Waals surface area contributed by atoms with Crippen molar-refractivity contribution in [1.82, 2.24) is 10.2 Å². The van der Waals surface area contributed by atoms with E-state index in [4.69, 9.17) is 0 Å². The Morgan fingerprint density at radius 3 is 2.57 bits per heavy atom. The third-order valence-corrected chi connectivity index (χ3v) is 6.00. The van der Waals surface area contributed by atoms with E-state index >= 15 is 0 Å². The van der Waals surface area contributed by atoms with Crippen molar-refractivity contribution in [3.05, 3.63) is 65.2 Å². The highest BCUT2D eigenvalue weighted by Gasteiger charge is 2.35. The van der Waals surface area contributed by atoms with Gasteiger partial charge in [0.05, 0.1) is 23.7 Å². The van der Waals surface area contributed by atoms with Crippen LogP contribution >= 0.6 is 0 Å². The van der Waals surface area contributed by atoms with Crippen molar-refractivity contribution in [2.75, 3.05) is 31.1 Å². The highest BCUT2D eigenvalue weighted by atomic mass is 19.2. The second-order valence-corrected chi connectivity index (χ2v) is 7.96. The highest BCUT2D eigenvalue weighted by molar-refractivity contribution is 5.79. The maximum atomic E-state index is 13.7. The molecule has 1 amide bonds. The van der Waals surface area contributed by atoms with Gasteiger partial charge in [0.2, 0.25) is 5.91 Å². The molecule has 0 saturated carbocycles. The zero-order chi connectivity index (χ0) is 21.1. The Balaban J connectivity index is 1.22. The summed E-state index contributed by atoms with van der Waals surface area (Å²) in [5.41, 5.74) is 1.78. The van der Waals surface area contributed by atoms with Crippen LogP contribution in [0, 0.1) is 23.0 Å². The van der Waals surface area contributed by atoms with Crippen molar-refractivity contribution in [2.45, 2.75) is 31.3 Å². The van der Waals surface area contributed by atoms with Crippen molar-refractivity contribution in [1.29, 1.82) is 5.26 Å². The fourth-order valence-corrected chi connectivity index (χ4v) is 4.35. The van der Waals surface area contributed by atoms with Crippen LogP contribution in [0.5, 0.6) is 0 Å². The molecule has 4 rings (SSSR count). The van der Waals surface area contributed by atoms with Crippen LogP contribution in [-0.4, -0.2) is 49.1 Å². The molecule has 0 bridgehead atoms. The average molecular weight is 410 g/mol. The lowest BCUT2D eigenvalue weighted by atomic mass is 9.96. The number of carbonyl (C=O) groups is 1. The first-order valence-corrected chi connectivity index (χ1v) is 10.3. The van der Waals surface area contributed by atoms with Crippen LogP contribution in [-0.2, 0) is 11.2 Å². The monoisotopic (exact) mass is 410 g/mol. The minimum atomic E-state index is -0.951. The number of amides is 1. The molecule has 2 saturated heterocycles. The minimum Gasteiger partial charge on any atom is -0.370 e. The number of nitriles is 1. The molecule has 0 unspecified atom stereocenters. The van der Waals surface area contributed by atoms with Gasteiger partial charge in [-0.05, 0) is 31.0 Å². The van der Waals surface area contributed by atoms with E-state index in [9.17, 15) is 18.8 Å². The number of nitrogens with one attached hydrogen (secondary N) is 1. The Bertz CT molecular complexity index is 960. The number of rotatable bonds is 5. The standard InChI is InChI=1S/C23H24F2N4O/c24-20-6-3-5-16(23(20)25)12-22(30)27-18-14-29(15-18)19-8-10-28(11-9-19)21-7-2-1-4-17(21)13-26/h1-7,18-19H,8-12,14-15H2,(H,27,30). The van der Waals surface area contributed by atoms with Crippen molar-refractivity contribution in [3.63, 3.8) is 0 Å². The molecule has 7 heteroatoms. The molecule has 1 N–H and O–H groups in total. The summed E-state index contributed by atoms with van der Waals surface area (Å²) in [6.07, 6.45) is 1.86. The summed E-state index contributed by atoms with van der Waals surface area (Å²) in [7, 11) is 0. The van der Waals surface area contributed by atoms with Gasteiger partial charge in [0, 0.05) is 37.8 Å². The molecular formula is C23H24F2N4O. The van der Waals surface area contributed by atoms with Gasteiger partial charge >= 0.3 is 0 Å². The predicted octanol–water partition coefficient (Wildman–Crippen LogP) is 2.85. The molecule has 0 spiro atoms.